The van der Waals surface area contributed by atoms with Crippen molar-refractivity contribution < 1.29 is 10.2 Å². The summed E-state index contributed by atoms with van der Waals surface area (Å²) in [4.78, 5) is 0. The van der Waals surface area contributed by atoms with Crippen LogP contribution in [0.15, 0.2) is 12.2 Å². The number of aliphatic hydroxyl groups is 2. The first-order chi connectivity index (χ1) is 4.77. The summed E-state index contributed by atoms with van der Waals surface area (Å²) in [5.41, 5.74) is 0. The third-order valence-corrected chi connectivity index (χ3v) is 1.26. The molecule has 0 aliphatic carbocycles. The number of rotatable bonds is 5. The molecule has 0 rings (SSSR count). The molecule has 2 N–H and O–H groups in total. The van der Waals surface area contributed by atoms with E-state index in [0.29, 0.717) is 0 Å². The lowest BCUT2D eigenvalue weighted by Gasteiger charge is -1.99. The van der Waals surface area contributed by atoms with Gasteiger partial charge >= 0.3 is 0 Å². The predicted molar refractivity (Wildman–Crippen MR) is 41.8 cm³/mol. The van der Waals surface area contributed by atoms with E-state index < -0.39 is 0 Å². The van der Waals surface area contributed by atoms with Crippen LogP contribution in [0.5, 0.6) is 0 Å². The first-order valence-electron chi connectivity index (χ1n) is 3.71. The molecule has 0 fully saturated rings. The van der Waals surface area contributed by atoms with E-state index in [2.05, 4.69) is 0 Å². The van der Waals surface area contributed by atoms with Crippen molar-refractivity contribution in [3.05, 3.63) is 12.2 Å². The molecule has 0 saturated carbocycles. The van der Waals surface area contributed by atoms with E-state index in [9.17, 15) is 0 Å². The maximum absolute atomic E-state index is 8.84. The third kappa shape index (κ3) is 7.66. The summed E-state index contributed by atoms with van der Waals surface area (Å²) < 4.78 is 0. The largest absolute Gasteiger partial charge is 0.393 e. The van der Waals surface area contributed by atoms with Gasteiger partial charge in [0.1, 0.15) is 0 Å². The van der Waals surface area contributed by atoms with Gasteiger partial charge in [-0.25, -0.2) is 0 Å². The van der Waals surface area contributed by atoms with Crippen molar-refractivity contribution >= 4 is 0 Å². The zero-order valence-electron chi connectivity index (χ0n) is 6.45. The van der Waals surface area contributed by atoms with Crippen molar-refractivity contribution in [2.45, 2.75) is 32.3 Å². The van der Waals surface area contributed by atoms with Gasteiger partial charge < -0.3 is 10.2 Å². The molecule has 0 aliphatic rings. The van der Waals surface area contributed by atoms with E-state index in [0.717, 1.165) is 19.3 Å². The minimum atomic E-state index is -0.192. The molecule has 0 heterocycles. The molecule has 2 heteroatoms. The van der Waals surface area contributed by atoms with Crippen LogP contribution in [-0.2, 0) is 0 Å². The van der Waals surface area contributed by atoms with Crippen LogP contribution in [0.2, 0.25) is 0 Å². The maximum Gasteiger partial charge on any atom is 0.0612 e. The second kappa shape index (κ2) is 6.78. The van der Waals surface area contributed by atoms with E-state index in [-0.39, 0.29) is 12.7 Å². The average Bonchev–Trinajstić information content (AvgIpc) is 1.87. The number of hydrogen-bond acceptors (Lipinski definition) is 2. The van der Waals surface area contributed by atoms with E-state index in [1.54, 1.807) is 13.0 Å². The second-order valence-corrected chi connectivity index (χ2v) is 2.43. The zero-order chi connectivity index (χ0) is 7.82. The van der Waals surface area contributed by atoms with Gasteiger partial charge in [0, 0.05) is 0 Å². The standard InChI is InChI=1S/C8H16O2/c1-8(10)6-4-2-3-5-7-9/h3,5,8-10H,2,4,6-7H2,1H3/b5-3+. The minimum absolute atomic E-state index is 0.120. The van der Waals surface area contributed by atoms with E-state index in [1.807, 2.05) is 6.08 Å². The summed E-state index contributed by atoms with van der Waals surface area (Å²) in [6.45, 7) is 1.91. The van der Waals surface area contributed by atoms with Crippen LogP contribution in [0.3, 0.4) is 0 Å². The van der Waals surface area contributed by atoms with Crippen molar-refractivity contribution in [1.29, 1.82) is 0 Å². The van der Waals surface area contributed by atoms with Gasteiger partial charge in [-0.1, -0.05) is 12.2 Å². The van der Waals surface area contributed by atoms with Crippen molar-refractivity contribution in [2.75, 3.05) is 6.61 Å². The molecule has 1 atom stereocenters. The Kier molecular flexibility index (Phi) is 6.55. The topological polar surface area (TPSA) is 40.5 Å². The number of aliphatic hydroxyl groups excluding tert-OH is 2. The van der Waals surface area contributed by atoms with Gasteiger partial charge in [0.05, 0.1) is 12.7 Å². The van der Waals surface area contributed by atoms with Gasteiger partial charge in [0.2, 0.25) is 0 Å². The van der Waals surface area contributed by atoms with Crippen LogP contribution in [0.4, 0.5) is 0 Å². The molecule has 10 heavy (non-hydrogen) atoms. The molecule has 0 aromatic heterocycles. The van der Waals surface area contributed by atoms with Crippen molar-refractivity contribution in [3.63, 3.8) is 0 Å². The highest BCUT2D eigenvalue weighted by Gasteiger charge is 1.91. The van der Waals surface area contributed by atoms with Crippen LogP contribution in [0.25, 0.3) is 0 Å². The summed E-state index contributed by atoms with van der Waals surface area (Å²) in [5, 5.41) is 17.2. The Morgan fingerprint density at radius 3 is 2.60 bits per heavy atom. The van der Waals surface area contributed by atoms with E-state index >= 15 is 0 Å². The Hall–Kier alpha value is -0.340. The van der Waals surface area contributed by atoms with Crippen LogP contribution >= 0.6 is 0 Å². The first kappa shape index (κ1) is 9.66. The summed E-state index contributed by atoms with van der Waals surface area (Å²) in [7, 11) is 0. The smallest absolute Gasteiger partial charge is 0.0612 e. The quantitative estimate of drug-likeness (QED) is 0.448. The van der Waals surface area contributed by atoms with Crippen molar-refractivity contribution in [1.82, 2.24) is 0 Å². The normalized spacial score (nSPS) is 14.3. The Bertz CT molecular complexity index is 87.3. The lowest BCUT2D eigenvalue weighted by Crippen LogP contribution is -1.97. The lowest BCUT2D eigenvalue weighted by atomic mass is 10.2. The number of unbranched alkanes of at least 4 members (excludes halogenated alkanes) is 1. The summed E-state index contributed by atoms with van der Waals surface area (Å²) >= 11 is 0. The minimum Gasteiger partial charge on any atom is -0.393 e. The molecular weight excluding hydrogens is 128 g/mol. The van der Waals surface area contributed by atoms with Gasteiger partial charge in [-0.2, -0.15) is 0 Å². The first-order valence-corrected chi connectivity index (χ1v) is 3.71. The van der Waals surface area contributed by atoms with Crippen LogP contribution < -0.4 is 0 Å². The average molecular weight is 144 g/mol. The maximum atomic E-state index is 8.84. The molecule has 0 amide bonds. The highest BCUT2D eigenvalue weighted by molar-refractivity contribution is 4.80. The fourth-order valence-electron chi connectivity index (χ4n) is 0.724. The lowest BCUT2D eigenvalue weighted by molar-refractivity contribution is 0.182. The molecule has 0 aromatic rings. The van der Waals surface area contributed by atoms with Crippen molar-refractivity contribution in [3.8, 4) is 0 Å². The van der Waals surface area contributed by atoms with E-state index in [1.165, 1.54) is 0 Å². The fraction of sp³-hybridized carbons (Fsp3) is 0.750. The molecule has 0 aromatic carbocycles. The molecule has 0 saturated heterocycles. The Balaban J connectivity index is 2.97. The molecule has 2 nitrogen and oxygen atoms in total. The molecule has 0 radical (unpaired) electrons. The number of hydrogen-bond donors (Lipinski definition) is 2. The van der Waals surface area contributed by atoms with Gasteiger partial charge in [-0.15, -0.1) is 0 Å². The molecule has 0 spiro atoms. The summed E-state index contributed by atoms with van der Waals surface area (Å²) in [6, 6.07) is 0. The Morgan fingerprint density at radius 2 is 2.10 bits per heavy atom. The zero-order valence-corrected chi connectivity index (χ0v) is 6.45. The van der Waals surface area contributed by atoms with Crippen LogP contribution in [-0.4, -0.2) is 22.9 Å². The van der Waals surface area contributed by atoms with E-state index in [4.69, 9.17) is 10.2 Å². The molecular formula is C8H16O2. The summed E-state index contributed by atoms with van der Waals surface area (Å²) in [5.74, 6) is 0. The van der Waals surface area contributed by atoms with Crippen LogP contribution in [0, 0.1) is 0 Å². The molecule has 0 bridgehead atoms. The van der Waals surface area contributed by atoms with Gasteiger partial charge in [0.15, 0.2) is 0 Å². The van der Waals surface area contributed by atoms with Crippen LogP contribution in [0.1, 0.15) is 26.2 Å². The summed E-state index contributed by atoms with van der Waals surface area (Å²) in [6.07, 6.45) is 6.25. The fourth-order valence-corrected chi connectivity index (χ4v) is 0.724. The second-order valence-electron chi connectivity index (χ2n) is 2.43. The van der Waals surface area contributed by atoms with Gasteiger partial charge in [0.25, 0.3) is 0 Å². The highest BCUT2D eigenvalue weighted by atomic mass is 16.3. The highest BCUT2D eigenvalue weighted by Crippen LogP contribution is 1.99. The third-order valence-electron chi connectivity index (χ3n) is 1.26. The predicted octanol–water partition coefficient (Wildman–Crippen LogP) is 1.09. The number of allylic oxidation sites excluding steroid dienone is 1. The Labute approximate surface area is 62.2 Å². The van der Waals surface area contributed by atoms with Gasteiger partial charge in [-0.3, -0.25) is 0 Å². The SMILES string of the molecule is CC(O)CCC/C=C/CO. The monoisotopic (exact) mass is 144 g/mol. The molecule has 1 unspecified atom stereocenters. The molecule has 0 aliphatic heterocycles. The van der Waals surface area contributed by atoms with Gasteiger partial charge in [-0.05, 0) is 26.2 Å². The van der Waals surface area contributed by atoms with Crippen molar-refractivity contribution in [2.24, 2.45) is 0 Å². The Morgan fingerprint density at radius 1 is 1.40 bits per heavy atom. The molecule has 60 valence electrons.